The molecule has 0 aliphatic rings. The van der Waals surface area contributed by atoms with Gasteiger partial charge in [-0.05, 0) is 24.6 Å². The number of para-hydroxylation sites is 1. The largest absolute Gasteiger partial charge is 0.345 e. The van der Waals surface area contributed by atoms with Crippen LogP contribution >= 0.6 is 0 Å². The van der Waals surface area contributed by atoms with E-state index < -0.39 is 10.0 Å². The van der Waals surface area contributed by atoms with Gasteiger partial charge >= 0.3 is 0 Å². The van der Waals surface area contributed by atoms with Gasteiger partial charge in [-0.1, -0.05) is 42.5 Å². The molecule has 0 radical (unpaired) electrons. The van der Waals surface area contributed by atoms with Gasteiger partial charge in [0, 0.05) is 0 Å². The van der Waals surface area contributed by atoms with Gasteiger partial charge in [0.1, 0.15) is 0 Å². The van der Waals surface area contributed by atoms with Crippen molar-refractivity contribution in [2.75, 3.05) is 11.0 Å². The fraction of sp³-hybridized carbons (Fsp3) is 0.188. The molecule has 2 aromatic carbocycles. The standard InChI is InChI=1S/C16H18N2O3S/c1-12(13-8-4-3-5-9-13)17-16(19)14-10-6-7-11-15(14)18-22(2,20)21/h3-12,18H,1-2H3,(H,17,19)/t12-/m1/s1. The summed E-state index contributed by atoms with van der Waals surface area (Å²) in [5, 5.41) is 2.86. The van der Waals surface area contributed by atoms with Crippen LogP contribution in [0.5, 0.6) is 0 Å². The van der Waals surface area contributed by atoms with Crippen molar-refractivity contribution < 1.29 is 13.2 Å². The van der Waals surface area contributed by atoms with Gasteiger partial charge in [0.15, 0.2) is 0 Å². The van der Waals surface area contributed by atoms with E-state index >= 15 is 0 Å². The van der Waals surface area contributed by atoms with Gasteiger partial charge in [0.25, 0.3) is 5.91 Å². The molecular formula is C16H18N2O3S. The summed E-state index contributed by atoms with van der Waals surface area (Å²) < 4.78 is 25.1. The fourth-order valence-electron chi connectivity index (χ4n) is 2.07. The van der Waals surface area contributed by atoms with Crippen molar-refractivity contribution in [1.82, 2.24) is 5.32 Å². The molecule has 0 heterocycles. The Labute approximate surface area is 130 Å². The highest BCUT2D eigenvalue weighted by molar-refractivity contribution is 7.92. The van der Waals surface area contributed by atoms with E-state index in [-0.39, 0.29) is 23.2 Å². The molecule has 0 bridgehead atoms. The lowest BCUT2D eigenvalue weighted by Crippen LogP contribution is -2.27. The molecule has 116 valence electrons. The Morgan fingerprint density at radius 3 is 2.23 bits per heavy atom. The maximum atomic E-state index is 12.4. The summed E-state index contributed by atoms with van der Waals surface area (Å²) in [5.74, 6) is -0.330. The molecule has 5 nitrogen and oxygen atoms in total. The van der Waals surface area contributed by atoms with Gasteiger partial charge < -0.3 is 5.32 Å². The van der Waals surface area contributed by atoms with Crippen LogP contribution in [0.1, 0.15) is 28.9 Å². The molecule has 0 saturated carbocycles. The topological polar surface area (TPSA) is 75.3 Å². The monoisotopic (exact) mass is 318 g/mol. The molecule has 2 N–H and O–H groups in total. The molecular weight excluding hydrogens is 300 g/mol. The first-order valence-electron chi connectivity index (χ1n) is 6.79. The van der Waals surface area contributed by atoms with E-state index in [1.165, 1.54) is 0 Å². The summed E-state index contributed by atoms with van der Waals surface area (Å²) in [6.07, 6.45) is 1.05. The maximum absolute atomic E-state index is 12.4. The van der Waals surface area contributed by atoms with E-state index in [0.717, 1.165) is 11.8 Å². The smallest absolute Gasteiger partial charge is 0.253 e. The van der Waals surface area contributed by atoms with Crippen molar-refractivity contribution in [2.24, 2.45) is 0 Å². The Balaban J connectivity index is 2.20. The predicted octanol–water partition coefficient (Wildman–Crippen LogP) is 2.55. The summed E-state index contributed by atoms with van der Waals surface area (Å²) in [4.78, 5) is 12.4. The molecule has 2 rings (SSSR count). The molecule has 2 aromatic rings. The highest BCUT2D eigenvalue weighted by Crippen LogP contribution is 2.18. The van der Waals surface area contributed by atoms with Crippen molar-refractivity contribution in [3.05, 3.63) is 65.7 Å². The lowest BCUT2D eigenvalue weighted by Gasteiger charge is -2.16. The Kier molecular flexibility index (Phi) is 4.82. The molecule has 22 heavy (non-hydrogen) atoms. The van der Waals surface area contributed by atoms with Gasteiger partial charge in [-0.2, -0.15) is 0 Å². The Morgan fingerprint density at radius 1 is 1.00 bits per heavy atom. The van der Waals surface area contributed by atoms with Crippen LogP contribution in [0, 0.1) is 0 Å². The number of anilines is 1. The second-order valence-corrected chi connectivity index (χ2v) is 6.77. The molecule has 6 heteroatoms. The zero-order valence-electron chi connectivity index (χ0n) is 12.4. The van der Waals surface area contributed by atoms with E-state index in [9.17, 15) is 13.2 Å². The number of amides is 1. The van der Waals surface area contributed by atoms with Crippen molar-refractivity contribution >= 4 is 21.6 Å². The van der Waals surface area contributed by atoms with E-state index in [1.54, 1.807) is 24.3 Å². The van der Waals surface area contributed by atoms with Gasteiger partial charge in [0.2, 0.25) is 10.0 Å². The van der Waals surface area contributed by atoms with Crippen LogP contribution in [0.2, 0.25) is 0 Å². The number of rotatable bonds is 5. The van der Waals surface area contributed by atoms with Gasteiger partial charge in [-0.25, -0.2) is 8.42 Å². The van der Waals surface area contributed by atoms with Crippen LogP contribution < -0.4 is 10.0 Å². The Hall–Kier alpha value is -2.34. The zero-order chi connectivity index (χ0) is 16.2. The highest BCUT2D eigenvalue weighted by atomic mass is 32.2. The number of nitrogens with one attached hydrogen (secondary N) is 2. The summed E-state index contributed by atoms with van der Waals surface area (Å²) in [6.45, 7) is 1.87. The molecule has 0 spiro atoms. The lowest BCUT2D eigenvalue weighted by atomic mass is 10.1. The van der Waals surface area contributed by atoms with Crippen molar-refractivity contribution in [3.63, 3.8) is 0 Å². The molecule has 0 aliphatic carbocycles. The van der Waals surface area contributed by atoms with Crippen LogP contribution in [-0.4, -0.2) is 20.6 Å². The number of carbonyl (C=O) groups is 1. The average Bonchev–Trinajstić information content (AvgIpc) is 2.47. The number of sulfonamides is 1. The van der Waals surface area contributed by atoms with Crippen molar-refractivity contribution in [2.45, 2.75) is 13.0 Å². The molecule has 1 atom stereocenters. The molecule has 0 aromatic heterocycles. The first-order chi connectivity index (χ1) is 10.4. The van der Waals surface area contributed by atoms with Crippen LogP contribution in [0.15, 0.2) is 54.6 Å². The fourth-order valence-corrected chi connectivity index (χ4v) is 2.65. The normalized spacial score (nSPS) is 12.5. The molecule has 1 amide bonds. The van der Waals surface area contributed by atoms with Gasteiger partial charge in [0.05, 0.1) is 23.5 Å². The molecule has 0 saturated heterocycles. The molecule has 0 unspecified atom stereocenters. The molecule has 0 aliphatic heterocycles. The number of benzene rings is 2. The minimum Gasteiger partial charge on any atom is -0.345 e. The van der Waals surface area contributed by atoms with Crippen LogP contribution in [-0.2, 0) is 10.0 Å². The van der Waals surface area contributed by atoms with E-state index in [0.29, 0.717) is 0 Å². The highest BCUT2D eigenvalue weighted by Gasteiger charge is 2.16. The summed E-state index contributed by atoms with van der Waals surface area (Å²) in [6, 6.07) is 15.9. The maximum Gasteiger partial charge on any atom is 0.253 e. The van der Waals surface area contributed by atoms with Crippen LogP contribution in [0.3, 0.4) is 0 Å². The first-order valence-corrected chi connectivity index (χ1v) is 8.68. The van der Waals surface area contributed by atoms with Crippen molar-refractivity contribution in [1.29, 1.82) is 0 Å². The third-order valence-electron chi connectivity index (χ3n) is 3.11. The van der Waals surface area contributed by atoms with Gasteiger partial charge in [-0.3, -0.25) is 9.52 Å². The van der Waals surface area contributed by atoms with Crippen LogP contribution in [0.4, 0.5) is 5.69 Å². The van der Waals surface area contributed by atoms with Crippen molar-refractivity contribution in [3.8, 4) is 0 Å². The Bertz CT molecular complexity index is 758. The molecule has 0 fully saturated rings. The van der Waals surface area contributed by atoms with E-state index in [1.807, 2.05) is 37.3 Å². The minimum atomic E-state index is -3.44. The number of hydrogen-bond donors (Lipinski definition) is 2. The third kappa shape index (κ3) is 4.33. The first kappa shape index (κ1) is 16.0. The predicted molar refractivity (Wildman–Crippen MR) is 87.2 cm³/mol. The number of carbonyl (C=O) groups excluding carboxylic acids is 1. The Morgan fingerprint density at radius 2 is 1.59 bits per heavy atom. The van der Waals surface area contributed by atoms with Gasteiger partial charge in [-0.15, -0.1) is 0 Å². The third-order valence-corrected chi connectivity index (χ3v) is 3.70. The lowest BCUT2D eigenvalue weighted by molar-refractivity contribution is 0.0941. The quantitative estimate of drug-likeness (QED) is 0.889. The summed E-state index contributed by atoms with van der Waals surface area (Å²) >= 11 is 0. The number of hydrogen-bond acceptors (Lipinski definition) is 3. The summed E-state index contributed by atoms with van der Waals surface area (Å²) in [7, 11) is -3.44. The second kappa shape index (κ2) is 6.62. The minimum absolute atomic E-state index is 0.181. The second-order valence-electron chi connectivity index (χ2n) is 5.03. The SMILES string of the molecule is C[C@@H](NC(=O)c1ccccc1NS(C)(=O)=O)c1ccccc1. The van der Waals surface area contributed by atoms with E-state index in [2.05, 4.69) is 10.0 Å². The van der Waals surface area contributed by atoms with Crippen LogP contribution in [0.25, 0.3) is 0 Å². The average molecular weight is 318 g/mol. The summed E-state index contributed by atoms with van der Waals surface area (Å²) in [5.41, 5.74) is 1.53. The zero-order valence-corrected chi connectivity index (χ0v) is 13.2. The van der Waals surface area contributed by atoms with E-state index in [4.69, 9.17) is 0 Å².